The number of aromatic nitrogens is 2. The fraction of sp³-hybridized carbons (Fsp3) is 0.545. The van der Waals surface area contributed by atoms with Crippen molar-refractivity contribution >= 4 is 16.2 Å². The molecule has 18 heavy (non-hydrogen) atoms. The third-order valence-corrected chi connectivity index (χ3v) is 3.46. The number of ether oxygens (including phenoxy) is 1. The van der Waals surface area contributed by atoms with Gasteiger partial charge in [-0.1, -0.05) is 0 Å². The van der Waals surface area contributed by atoms with Crippen molar-refractivity contribution in [1.29, 1.82) is 0 Å². The largest absolute Gasteiger partial charge is 0.443 e. The van der Waals surface area contributed by atoms with E-state index in [-0.39, 0.29) is 5.16 Å². The van der Waals surface area contributed by atoms with Crippen molar-refractivity contribution in [3.05, 3.63) is 18.0 Å². The second-order valence-electron chi connectivity index (χ2n) is 5.10. The molecular formula is C11H19N3O3S. The van der Waals surface area contributed by atoms with Gasteiger partial charge in [0, 0.05) is 28.8 Å². The molecule has 1 amide bonds. The van der Waals surface area contributed by atoms with E-state index in [0.29, 0.717) is 0 Å². The summed E-state index contributed by atoms with van der Waals surface area (Å²) in [6.07, 6.45) is 3.75. The van der Waals surface area contributed by atoms with Crippen LogP contribution in [0.3, 0.4) is 0 Å². The third-order valence-electron chi connectivity index (χ3n) is 1.85. The fourth-order valence-corrected chi connectivity index (χ4v) is 2.18. The van der Waals surface area contributed by atoms with Crippen LogP contribution in [0, 0.1) is 6.92 Å². The van der Waals surface area contributed by atoms with Gasteiger partial charge < -0.3 is 4.74 Å². The topological polar surface area (TPSA) is 81.2 Å². The SMILES string of the molecule is Cc1cnc([SH](C)(=O)NC(=O)OC(C)(C)C)nc1. The van der Waals surface area contributed by atoms with E-state index in [9.17, 15) is 9.00 Å². The highest BCUT2D eigenvalue weighted by Crippen LogP contribution is 2.11. The van der Waals surface area contributed by atoms with E-state index in [2.05, 4.69) is 14.7 Å². The number of nitrogens with one attached hydrogen (secondary N) is 1. The van der Waals surface area contributed by atoms with Gasteiger partial charge >= 0.3 is 6.09 Å². The molecule has 0 radical (unpaired) electrons. The lowest BCUT2D eigenvalue weighted by Gasteiger charge is -2.23. The molecule has 1 heterocycles. The molecule has 0 aliphatic rings. The minimum Gasteiger partial charge on any atom is -0.443 e. The normalized spacial score (nSPS) is 12.9. The lowest BCUT2D eigenvalue weighted by molar-refractivity contribution is 0.0571. The van der Waals surface area contributed by atoms with Crippen molar-refractivity contribution in [3.8, 4) is 0 Å². The Bertz CT molecular complexity index is 479. The summed E-state index contributed by atoms with van der Waals surface area (Å²) in [5.41, 5.74) is 0.217. The number of hydrogen-bond acceptors (Lipinski definition) is 5. The summed E-state index contributed by atoms with van der Waals surface area (Å²) in [7, 11) is -3.15. The summed E-state index contributed by atoms with van der Waals surface area (Å²) in [6.45, 7) is 7.02. The zero-order chi connectivity index (χ0) is 14.0. The number of carbonyl (C=O) groups is 1. The zero-order valence-corrected chi connectivity index (χ0v) is 12.1. The van der Waals surface area contributed by atoms with Gasteiger partial charge in [-0.15, -0.1) is 0 Å². The van der Waals surface area contributed by atoms with Crippen LogP contribution in [0.2, 0.25) is 0 Å². The number of rotatable bonds is 2. The Kier molecular flexibility index (Phi) is 4.05. The van der Waals surface area contributed by atoms with Crippen LogP contribution >= 0.6 is 0 Å². The number of thiol groups is 1. The molecule has 102 valence electrons. The van der Waals surface area contributed by atoms with Gasteiger partial charge in [-0.3, -0.25) is 8.93 Å². The molecule has 0 aromatic carbocycles. The Morgan fingerprint density at radius 3 is 2.28 bits per heavy atom. The molecule has 6 nitrogen and oxygen atoms in total. The maximum absolute atomic E-state index is 12.3. The summed E-state index contributed by atoms with van der Waals surface area (Å²) in [6, 6.07) is 0. The summed E-state index contributed by atoms with van der Waals surface area (Å²) in [5, 5.41) is 0.110. The lowest BCUT2D eigenvalue weighted by atomic mass is 10.2. The number of amides is 1. The Balaban J connectivity index is 2.79. The molecule has 7 heteroatoms. The summed E-state index contributed by atoms with van der Waals surface area (Å²) in [5.74, 6) is 0. The van der Waals surface area contributed by atoms with Crippen LogP contribution in [0.1, 0.15) is 26.3 Å². The minimum absolute atomic E-state index is 0.110. The summed E-state index contributed by atoms with van der Waals surface area (Å²) >= 11 is 0. The van der Waals surface area contributed by atoms with Crippen molar-refractivity contribution in [2.75, 3.05) is 6.26 Å². The van der Waals surface area contributed by atoms with Crippen LogP contribution < -0.4 is 4.72 Å². The molecule has 1 aromatic rings. The monoisotopic (exact) mass is 273 g/mol. The zero-order valence-electron chi connectivity index (χ0n) is 11.2. The van der Waals surface area contributed by atoms with Crippen LogP contribution in [0.4, 0.5) is 4.79 Å². The molecule has 0 saturated carbocycles. The Morgan fingerprint density at radius 1 is 1.33 bits per heavy atom. The second kappa shape index (κ2) is 5.01. The van der Waals surface area contributed by atoms with Crippen LogP contribution in [-0.2, 0) is 14.9 Å². The van der Waals surface area contributed by atoms with E-state index in [1.807, 2.05) is 6.92 Å². The number of nitrogens with zero attached hydrogens (tertiary/aromatic N) is 2. The van der Waals surface area contributed by atoms with Gasteiger partial charge in [-0.25, -0.2) is 14.8 Å². The average Bonchev–Trinajstić information content (AvgIpc) is 2.13. The summed E-state index contributed by atoms with van der Waals surface area (Å²) in [4.78, 5) is 19.5. The highest BCUT2D eigenvalue weighted by molar-refractivity contribution is 8.00. The van der Waals surface area contributed by atoms with E-state index >= 15 is 0 Å². The third kappa shape index (κ3) is 4.40. The van der Waals surface area contributed by atoms with E-state index < -0.39 is 21.8 Å². The first-order chi connectivity index (χ1) is 8.10. The van der Waals surface area contributed by atoms with E-state index in [4.69, 9.17) is 4.74 Å². The van der Waals surface area contributed by atoms with Crippen molar-refractivity contribution in [1.82, 2.24) is 14.7 Å². The van der Waals surface area contributed by atoms with E-state index in [0.717, 1.165) is 5.56 Å². The first-order valence-corrected chi connectivity index (χ1v) is 7.63. The molecule has 0 bridgehead atoms. The Morgan fingerprint density at radius 2 is 1.83 bits per heavy atom. The Labute approximate surface area is 108 Å². The molecular weight excluding hydrogens is 254 g/mol. The van der Waals surface area contributed by atoms with Gasteiger partial charge in [0.25, 0.3) is 0 Å². The molecule has 0 saturated heterocycles. The maximum Gasteiger partial charge on any atom is 0.418 e. The molecule has 0 spiro atoms. The van der Waals surface area contributed by atoms with E-state index in [1.54, 1.807) is 33.2 Å². The standard InChI is InChI=1S/C11H19N3O3S/c1-8-6-12-9(13-7-8)18(5,16)14-10(15)17-11(2,3)4/h6-7,18H,1-5H3,(H,14,15,16). The average molecular weight is 273 g/mol. The lowest BCUT2D eigenvalue weighted by Crippen LogP contribution is -2.40. The van der Waals surface area contributed by atoms with Crippen molar-refractivity contribution in [2.45, 2.75) is 38.5 Å². The van der Waals surface area contributed by atoms with Gasteiger partial charge in [-0.05, 0) is 33.3 Å². The first kappa shape index (κ1) is 14.6. The molecule has 1 rings (SSSR count). The number of hydrogen-bond donors (Lipinski definition) is 2. The molecule has 1 N–H and O–H groups in total. The quantitative estimate of drug-likeness (QED) is 0.625. The highest BCUT2D eigenvalue weighted by atomic mass is 32.3. The smallest absolute Gasteiger partial charge is 0.418 e. The van der Waals surface area contributed by atoms with Crippen LogP contribution in [0.5, 0.6) is 0 Å². The predicted molar refractivity (Wildman–Crippen MR) is 69.9 cm³/mol. The molecule has 1 aromatic heterocycles. The van der Waals surface area contributed by atoms with Crippen molar-refractivity contribution in [3.63, 3.8) is 0 Å². The van der Waals surface area contributed by atoms with Crippen LogP contribution in [0.15, 0.2) is 17.6 Å². The minimum atomic E-state index is -3.15. The van der Waals surface area contributed by atoms with Gasteiger partial charge in [0.15, 0.2) is 0 Å². The van der Waals surface area contributed by atoms with Gasteiger partial charge in [-0.2, -0.15) is 0 Å². The highest BCUT2D eigenvalue weighted by Gasteiger charge is 2.22. The van der Waals surface area contributed by atoms with Crippen molar-refractivity contribution < 1.29 is 13.7 Å². The maximum atomic E-state index is 12.3. The first-order valence-electron chi connectivity index (χ1n) is 5.48. The predicted octanol–water partition coefficient (Wildman–Crippen LogP) is 1.23. The second-order valence-corrected chi connectivity index (χ2v) is 7.57. The molecule has 0 aliphatic heterocycles. The van der Waals surface area contributed by atoms with Gasteiger partial charge in [0.2, 0.25) is 5.16 Å². The van der Waals surface area contributed by atoms with Crippen LogP contribution in [-0.4, -0.2) is 32.1 Å². The molecule has 0 aliphatic carbocycles. The fourth-order valence-electron chi connectivity index (χ4n) is 1.13. The molecule has 0 atom stereocenters. The number of aryl methyl sites for hydroxylation is 1. The van der Waals surface area contributed by atoms with Gasteiger partial charge in [0.05, 0.1) is 0 Å². The number of carbonyl (C=O) groups excluding carboxylic acids is 1. The van der Waals surface area contributed by atoms with Gasteiger partial charge in [0.1, 0.15) is 5.60 Å². The summed E-state index contributed by atoms with van der Waals surface area (Å²) < 4.78 is 19.6. The molecule has 0 fully saturated rings. The molecule has 0 unspecified atom stereocenters. The van der Waals surface area contributed by atoms with E-state index in [1.165, 1.54) is 6.26 Å². The Hall–Kier alpha value is -1.50. The van der Waals surface area contributed by atoms with Crippen molar-refractivity contribution in [2.24, 2.45) is 0 Å². The van der Waals surface area contributed by atoms with Crippen LogP contribution in [0.25, 0.3) is 0 Å².